The van der Waals surface area contributed by atoms with Crippen molar-refractivity contribution in [1.82, 2.24) is 5.32 Å². The molecule has 0 radical (unpaired) electrons. The Balaban J connectivity index is 1.92. The monoisotopic (exact) mass is 528 g/mol. The first-order chi connectivity index (χ1) is 16.8. The average Bonchev–Trinajstić information content (AvgIpc) is 2.78. The predicted molar refractivity (Wildman–Crippen MR) is 142 cm³/mol. The zero-order chi connectivity index (χ0) is 26.8. The van der Waals surface area contributed by atoms with Crippen molar-refractivity contribution in [3.63, 3.8) is 0 Å². The molecule has 36 heavy (non-hydrogen) atoms. The Labute approximate surface area is 216 Å². The van der Waals surface area contributed by atoms with Gasteiger partial charge in [-0.15, -0.1) is 0 Å². The number of carbonyl (C=O) groups is 2. The molecule has 0 aliphatic carbocycles. The van der Waals surface area contributed by atoms with E-state index < -0.39 is 27.9 Å². The molecule has 7 nitrogen and oxygen atoms in total. The van der Waals surface area contributed by atoms with Crippen LogP contribution in [0, 0.1) is 27.7 Å². The highest BCUT2D eigenvalue weighted by Gasteiger charge is 2.22. The van der Waals surface area contributed by atoms with Crippen molar-refractivity contribution in [1.29, 1.82) is 0 Å². The van der Waals surface area contributed by atoms with Gasteiger partial charge in [-0.2, -0.15) is 0 Å². The standard InChI is InChI=1S/C27H29ClN2O5S/c1-6-23(27(32)33)29-26(31)25-17(4)10-20(11-18(25)5)19-8-7-9-21(14-19)30-36(34,35)24-13-15(2)22(28)12-16(24)3/h7-14,23,30H,6H2,1-5H3,(H,29,31)(H,32,33). The SMILES string of the molecule is CCC(NC(=O)c1c(C)cc(-c2cccc(NS(=O)(=O)c3cc(C)c(Cl)cc3C)c2)cc1C)C(=O)O. The highest BCUT2D eigenvalue weighted by atomic mass is 35.5. The Morgan fingerprint density at radius 1 is 0.917 bits per heavy atom. The molecular weight excluding hydrogens is 500 g/mol. The summed E-state index contributed by atoms with van der Waals surface area (Å²) in [7, 11) is -3.85. The number of nitrogens with one attached hydrogen (secondary N) is 2. The lowest BCUT2D eigenvalue weighted by molar-refractivity contribution is -0.139. The Hall–Kier alpha value is -3.36. The van der Waals surface area contributed by atoms with Gasteiger partial charge in [0.2, 0.25) is 0 Å². The third-order valence-electron chi connectivity index (χ3n) is 5.97. The highest BCUT2D eigenvalue weighted by Crippen LogP contribution is 2.30. The van der Waals surface area contributed by atoms with E-state index in [1.54, 1.807) is 65.0 Å². The summed E-state index contributed by atoms with van der Waals surface area (Å²) >= 11 is 6.12. The number of carboxylic acids is 1. The van der Waals surface area contributed by atoms with Crippen molar-refractivity contribution in [3.05, 3.63) is 81.4 Å². The molecule has 3 rings (SSSR count). The quantitative estimate of drug-likeness (QED) is 0.350. The molecule has 0 saturated carbocycles. The van der Waals surface area contributed by atoms with Crippen LogP contribution in [0.4, 0.5) is 5.69 Å². The molecule has 1 amide bonds. The van der Waals surface area contributed by atoms with Crippen LogP contribution in [0.3, 0.4) is 0 Å². The number of hydrogen-bond donors (Lipinski definition) is 3. The molecule has 3 aromatic carbocycles. The third kappa shape index (κ3) is 5.88. The largest absolute Gasteiger partial charge is 0.480 e. The second kappa shape index (κ2) is 10.7. The van der Waals surface area contributed by atoms with Crippen molar-refractivity contribution in [2.24, 2.45) is 0 Å². The molecule has 0 saturated heterocycles. The number of benzene rings is 3. The molecule has 1 atom stereocenters. The fourth-order valence-electron chi connectivity index (χ4n) is 4.07. The van der Waals surface area contributed by atoms with Gasteiger partial charge < -0.3 is 10.4 Å². The zero-order valence-corrected chi connectivity index (χ0v) is 22.3. The molecule has 0 aliphatic rings. The number of hydrogen-bond acceptors (Lipinski definition) is 4. The van der Waals surface area contributed by atoms with E-state index in [4.69, 9.17) is 11.6 Å². The summed E-state index contributed by atoms with van der Waals surface area (Å²) < 4.78 is 28.8. The molecule has 9 heteroatoms. The molecule has 0 spiro atoms. The number of carbonyl (C=O) groups excluding carboxylic acids is 1. The van der Waals surface area contributed by atoms with E-state index >= 15 is 0 Å². The molecule has 0 fully saturated rings. The summed E-state index contributed by atoms with van der Waals surface area (Å²) in [6.07, 6.45) is 0.273. The van der Waals surface area contributed by atoms with Crippen molar-refractivity contribution >= 4 is 39.2 Å². The van der Waals surface area contributed by atoms with Gasteiger partial charge in [-0.25, -0.2) is 13.2 Å². The molecule has 3 N–H and O–H groups in total. The maximum atomic E-state index is 13.1. The Morgan fingerprint density at radius 3 is 2.14 bits per heavy atom. The predicted octanol–water partition coefficient (Wildman–Crippen LogP) is 5.63. The van der Waals surface area contributed by atoms with E-state index in [-0.39, 0.29) is 11.3 Å². The zero-order valence-electron chi connectivity index (χ0n) is 20.8. The molecule has 0 aromatic heterocycles. The fraction of sp³-hybridized carbons (Fsp3) is 0.259. The maximum absolute atomic E-state index is 13.1. The molecule has 0 aliphatic heterocycles. The first-order valence-electron chi connectivity index (χ1n) is 11.4. The lowest BCUT2D eigenvalue weighted by atomic mass is 9.94. The second-order valence-electron chi connectivity index (χ2n) is 8.81. The topological polar surface area (TPSA) is 113 Å². The van der Waals surface area contributed by atoms with Gasteiger partial charge in [0.25, 0.3) is 15.9 Å². The van der Waals surface area contributed by atoms with Crippen molar-refractivity contribution in [3.8, 4) is 11.1 Å². The lowest BCUT2D eigenvalue weighted by Crippen LogP contribution is -2.40. The number of sulfonamides is 1. The number of rotatable bonds is 8. The van der Waals surface area contributed by atoms with Gasteiger partial charge in [-0.05, 0) is 91.8 Å². The number of aliphatic carboxylic acids is 1. The fourth-order valence-corrected chi connectivity index (χ4v) is 5.65. The van der Waals surface area contributed by atoms with Crippen molar-refractivity contribution in [2.45, 2.75) is 52.0 Å². The summed E-state index contributed by atoms with van der Waals surface area (Å²) in [6.45, 7) is 8.70. The molecule has 0 bridgehead atoms. The van der Waals surface area contributed by atoms with Gasteiger partial charge in [-0.1, -0.05) is 42.8 Å². The highest BCUT2D eigenvalue weighted by molar-refractivity contribution is 7.92. The van der Waals surface area contributed by atoms with Gasteiger partial charge in [0.15, 0.2) is 0 Å². The first-order valence-corrected chi connectivity index (χ1v) is 13.2. The van der Waals surface area contributed by atoms with E-state index in [0.29, 0.717) is 38.5 Å². The minimum Gasteiger partial charge on any atom is -0.480 e. The van der Waals surface area contributed by atoms with Gasteiger partial charge in [0.1, 0.15) is 6.04 Å². The molecule has 190 valence electrons. The van der Waals surface area contributed by atoms with Crippen LogP contribution in [0.15, 0.2) is 53.4 Å². The first kappa shape index (κ1) is 27.2. The van der Waals surface area contributed by atoms with Gasteiger partial charge in [0.05, 0.1) is 4.90 Å². The molecular formula is C27H29ClN2O5S. The van der Waals surface area contributed by atoms with E-state index in [9.17, 15) is 23.1 Å². The van der Waals surface area contributed by atoms with Crippen LogP contribution in [0.25, 0.3) is 11.1 Å². The smallest absolute Gasteiger partial charge is 0.326 e. The van der Waals surface area contributed by atoms with E-state index in [1.165, 1.54) is 0 Å². The maximum Gasteiger partial charge on any atom is 0.326 e. The van der Waals surface area contributed by atoms with Crippen LogP contribution in [-0.4, -0.2) is 31.4 Å². The number of carboxylic acid groups (broad SMARTS) is 1. The molecule has 0 heterocycles. The summed E-state index contributed by atoms with van der Waals surface area (Å²) in [4.78, 5) is 24.2. The number of aryl methyl sites for hydroxylation is 4. The normalized spacial score (nSPS) is 12.2. The Kier molecular flexibility index (Phi) is 8.11. The van der Waals surface area contributed by atoms with Crippen molar-refractivity contribution in [2.75, 3.05) is 4.72 Å². The van der Waals surface area contributed by atoms with Crippen LogP contribution < -0.4 is 10.0 Å². The van der Waals surface area contributed by atoms with Crippen LogP contribution in [0.1, 0.15) is 46.0 Å². The Morgan fingerprint density at radius 2 is 1.56 bits per heavy atom. The summed E-state index contributed by atoms with van der Waals surface area (Å²) in [5, 5.41) is 12.3. The number of amides is 1. The Bertz CT molecular complexity index is 1430. The summed E-state index contributed by atoms with van der Waals surface area (Å²) in [5.74, 6) is -1.53. The second-order valence-corrected chi connectivity index (χ2v) is 10.9. The summed E-state index contributed by atoms with van der Waals surface area (Å²) in [5.41, 5.74) is 4.94. The lowest BCUT2D eigenvalue weighted by Gasteiger charge is -2.17. The van der Waals surface area contributed by atoms with Crippen LogP contribution in [0.2, 0.25) is 5.02 Å². The average molecular weight is 529 g/mol. The minimum atomic E-state index is -3.85. The van der Waals surface area contributed by atoms with Gasteiger partial charge in [-0.3, -0.25) is 9.52 Å². The van der Waals surface area contributed by atoms with Crippen LogP contribution in [-0.2, 0) is 14.8 Å². The van der Waals surface area contributed by atoms with Gasteiger partial charge >= 0.3 is 5.97 Å². The molecule has 1 unspecified atom stereocenters. The van der Waals surface area contributed by atoms with E-state index in [1.807, 2.05) is 18.2 Å². The summed E-state index contributed by atoms with van der Waals surface area (Å²) in [6, 6.07) is 12.8. The van der Waals surface area contributed by atoms with E-state index in [0.717, 1.165) is 11.1 Å². The van der Waals surface area contributed by atoms with Crippen molar-refractivity contribution < 1.29 is 23.1 Å². The third-order valence-corrected chi connectivity index (χ3v) is 7.90. The van der Waals surface area contributed by atoms with Crippen LogP contribution >= 0.6 is 11.6 Å². The van der Waals surface area contributed by atoms with Gasteiger partial charge in [0, 0.05) is 16.3 Å². The molecule has 3 aromatic rings. The number of halogens is 1. The van der Waals surface area contributed by atoms with Crippen LogP contribution in [0.5, 0.6) is 0 Å². The minimum absolute atomic E-state index is 0.156. The number of anilines is 1. The van der Waals surface area contributed by atoms with E-state index in [2.05, 4.69) is 10.0 Å².